The van der Waals surface area contributed by atoms with Crippen LogP contribution in [-0.2, 0) is 0 Å². The van der Waals surface area contributed by atoms with Gasteiger partial charge in [-0.2, -0.15) is 0 Å². The summed E-state index contributed by atoms with van der Waals surface area (Å²) in [6, 6.07) is 0. The van der Waals surface area contributed by atoms with E-state index < -0.39 is 0 Å². The summed E-state index contributed by atoms with van der Waals surface area (Å²) in [4.78, 5) is 0. The van der Waals surface area contributed by atoms with Crippen LogP contribution in [0.25, 0.3) is 0 Å². The molecule has 0 aromatic heterocycles. The fraction of sp³-hybridized carbons (Fsp3) is 0.750. The van der Waals surface area contributed by atoms with Gasteiger partial charge in [0.2, 0.25) is 0 Å². The molecule has 66 valence electrons. The normalized spacial score (nSPS) is 14.5. The Kier molecular flexibility index (Phi) is 7.49. The van der Waals surface area contributed by atoms with E-state index >= 15 is 0 Å². The van der Waals surface area contributed by atoms with Crippen LogP contribution in [0.5, 0.6) is 0 Å². The van der Waals surface area contributed by atoms with Gasteiger partial charge >= 0.3 is 0 Å². The quantitative estimate of drug-likeness (QED) is 0.598. The number of aliphatic hydroxyl groups is 1. The number of aliphatic hydroxyl groups excluding tert-OH is 1. The Morgan fingerprint density at radius 1 is 1.36 bits per heavy atom. The molecule has 0 heterocycles. The first-order chi connectivity index (χ1) is 5.16. The molecule has 0 aromatic rings. The van der Waals surface area contributed by atoms with Gasteiger partial charge in [-0.1, -0.05) is 38.8 Å². The molecule has 0 bridgehead atoms. The number of allylic oxidation sites excluding steroid dienone is 1. The van der Waals surface area contributed by atoms with Crippen molar-refractivity contribution in [2.45, 2.75) is 29.9 Å². The van der Waals surface area contributed by atoms with Gasteiger partial charge in [-0.25, -0.2) is 0 Å². The first-order valence-corrected chi connectivity index (χ1v) is 5.57. The molecule has 1 atom stereocenters. The molecule has 0 fully saturated rings. The maximum atomic E-state index is 8.39. The number of alkyl halides is 2. The molecule has 0 spiro atoms. The molecule has 3 heteroatoms. The molecule has 0 aliphatic rings. The molecular formula is C8H14Br2O. The second-order valence-electron chi connectivity index (χ2n) is 2.69. The number of hydrogen-bond donors (Lipinski definition) is 1. The molecular weight excluding hydrogens is 272 g/mol. The molecule has 0 aromatic carbocycles. The summed E-state index contributed by atoms with van der Waals surface area (Å²) in [6.07, 6.45) is 6.17. The molecule has 0 aliphatic heterocycles. The first-order valence-electron chi connectivity index (χ1n) is 3.74. The van der Waals surface area contributed by atoms with E-state index in [2.05, 4.69) is 38.8 Å². The summed E-state index contributed by atoms with van der Waals surface area (Å²) in [6.45, 7) is 2.18. The summed E-state index contributed by atoms with van der Waals surface area (Å²) in [7, 11) is 0. The SMILES string of the molecule is CC(CC=CO)CCC(Br)Br. The largest absolute Gasteiger partial charge is 0.516 e. The smallest absolute Gasteiger partial charge is 0.0751 e. The van der Waals surface area contributed by atoms with E-state index in [-0.39, 0.29) is 0 Å². The van der Waals surface area contributed by atoms with Gasteiger partial charge in [0.25, 0.3) is 0 Å². The highest BCUT2D eigenvalue weighted by Crippen LogP contribution is 2.19. The van der Waals surface area contributed by atoms with Crippen LogP contribution in [0.4, 0.5) is 0 Å². The van der Waals surface area contributed by atoms with Gasteiger partial charge in [0.05, 0.1) is 10.00 Å². The Labute approximate surface area is 85.1 Å². The fourth-order valence-corrected chi connectivity index (χ4v) is 1.35. The monoisotopic (exact) mass is 284 g/mol. The van der Waals surface area contributed by atoms with Crippen LogP contribution in [-0.4, -0.2) is 8.84 Å². The lowest BCUT2D eigenvalue weighted by atomic mass is 10.0. The highest BCUT2D eigenvalue weighted by Gasteiger charge is 2.02. The van der Waals surface area contributed by atoms with Crippen molar-refractivity contribution in [1.82, 2.24) is 0 Å². The number of hydrogen-bond acceptors (Lipinski definition) is 1. The van der Waals surface area contributed by atoms with Gasteiger partial charge in [0, 0.05) is 0 Å². The summed E-state index contributed by atoms with van der Waals surface area (Å²) in [5.41, 5.74) is 0. The zero-order chi connectivity index (χ0) is 8.69. The van der Waals surface area contributed by atoms with Crippen LogP contribution in [0, 0.1) is 5.92 Å². The van der Waals surface area contributed by atoms with Crippen molar-refractivity contribution in [1.29, 1.82) is 0 Å². The lowest BCUT2D eigenvalue weighted by molar-refractivity contribution is 0.461. The van der Waals surface area contributed by atoms with Crippen LogP contribution in [0.15, 0.2) is 12.3 Å². The van der Waals surface area contributed by atoms with E-state index in [9.17, 15) is 0 Å². The highest BCUT2D eigenvalue weighted by molar-refractivity contribution is 9.24. The number of halogens is 2. The molecule has 11 heavy (non-hydrogen) atoms. The third-order valence-electron chi connectivity index (χ3n) is 1.52. The molecule has 1 unspecified atom stereocenters. The van der Waals surface area contributed by atoms with E-state index in [1.54, 1.807) is 6.08 Å². The first kappa shape index (κ1) is 11.5. The lowest BCUT2D eigenvalue weighted by Gasteiger charge is -2.07. The van der Waals surface area contributed by atoms with Gasteiger partial charge in [0.15, 0.2) is 0 Å². The van der Waals surface area contributed by atoms with Crippen molar-refractivity contribution in [2.24, 2.45) is 5.92 Å². The van der Waals surface area contributed by atoms with E-state index in [4.69, 9.17) is 5.11 Å². The molecule has 0 rings (SSSR count). The molecule has 0 saturated carbocycles. The minimum Gasteiger partial charge on any atom is -0.516 e. The molecule has 0 amide bonds. The second-order valence-corrected chi connectivity index (χ2v) is 6.13. The van der Waals surface area contributed by atoms with Gasteiger partial charge in [-0.05, 0) is 31.3 Å². The van der Waals surface area contributed by atoms with Crippen LogP contribution in [0.1, 0.15) is 26.2 Å². The minimum absolute atomic E-state index is 0.426. The maximum Gasteiger partial charge on any atom is 0.0751 e. The van der Waals surface area contributed by atoms with Crippen molar-refractivity contribution in [3.8, 4) is 0 Å². The van der Waals surface area contributed by atoms with Crippen molar-refractivity contribution in [2.75, 3.05) is 0 Å². The van der Waals surface area contributed by atoms with Crippen molar-refractivity contribution >= 4 is 31.9 Å². The average molecular weight is 286 g/mol. The van der Waals surface area contributed by atoms with Gasteiger partial charge in [-0.3, -0.25) is 0 Å². The van der Waals surface area contributed by atoms with E-state index in [0.717, 1.165) is 19.1 Å². The average Bonchev–Trinajstić information content (AvgIpc) is 1.97. The van der Waals surface area contributed by atoms with Gasteiger partial charge in [0.1, 0.15) is 0 Å². The molecule has 0 radical (unpaired) electrons. The number of rotatable bonds is 5. The predicted octanol–water partition coefficient (Wildman–Crippen LogP) is 3.98. The lowest BCUT2D eigenvalue weighted by Crippen LogP contribution is -1.95. The van der Waals surface area contributed by atoms with Crippen LogP contribution < -0.4 is 0 Å². The summed E-state index contributed by atoms with van der Waals surface area (Å²) < 4.78 is 0.426. The van der Waals surface area contributed by atoms with Crippen molar-refractivity contribution < 1.29 is 5.11 Å². The maximum absolute atomic E-state index is 8.39. The zero-order valence-electron chi connectivity index (χ0n) is 6.63. The molecule has 1 N–H and O–H groups in total. The molecule has 1 nitrogen and oxygen atoms in total. The van der Waals surface area contributed by atoms with E-state index in [1.165, 1.54) is 6.42 Å². The Balaban J connectivity index is 3.29. The minimum atomic E-state index is 0.426. The van der Waals surface area contributed by atoms with Crippen LogP contribution >= 0.6 is 31.9 Å². The Morgan fingerprint density at radius 3 is 2.45 bits per heavy atom. The summed E-state index contributed by atoms with van der Waals surface area (Å²) in [5.74, 6) is 0.649. The summed E-state index contributed by atoms with van der Waals surface area (Å²) >= 11 is 6.84. The van der Waals surface area contributed by atoms with Gasteiger partial charge in [-0.15, -0.1) is 0 Å². The molecule has 0 saturated heterocycles. The molecule has 0 aliphatic carbocycles. The van der Waals surface area contributed by atoms with Crippen molar-refractivity contribution in [3.05, 3.63) is 12.3 Å². The zero-order valence-corrected chi connectivity index (χ0v) is 9.81. The van der Waals surface area contributed by atoms with Crippen molar-refractivity contribution in [3.63, 3.8) is 0 Å². The third kappa shape index (κ3) is 8.41. The predicted molar refractivity (Wildman–Crippen MR) is 56.4 cm³/mol. The van der Waals surface area contributed by atoms with Gasteiger partial charge < -0.3 is 5.11 Å². The van der Waals surface area contributed by atoms with E-state index in [0.29, 0.717) is 9.65 Å². The summed E-state index contributed by atoms with van der Waals surface area (Å²) in [5, 5.41) is 8.39. The standard InChI is InChI=1S/C8H14Br2O/c1-7(3-2-6-11)4-5-8(9)10/h2,6-8,11H,3-5H2,1H3. The Morgan fingerprint density at radius 2 is 2.00 bits per heavy atom. The Hall–Kier alpha value is 0.500. The van der Waals surface area contributed by atoms with Crippen LogP contribution in [0.2, 0.25) is 0 Å². The third-order valence-corrected chi connectivity index (χ3v) is 2.44. The van der Waals surface area contributed by atoms with Crippen LogP contribution in [0.3, 0.4) is 0 Å². The fourth-order valence-electron chi connectivity index (χ4n) is 0.822. The van der Waals surface area contributed by atoms with E-state index in [1.807, 2.05) is 0 Å². The second kappa shape index (κ2) is 7.17. The Bertz CT molecular complexity index is 113. The topological polar surface area (TPSA) is 20.2 Å². The highest BCUT2D eigenvalue weighted by atomic mass is 79.9.